The predicted octanol–water partition coefficient (Wildman–Crippen LogP) is 3.67. The van der Waals surface area contributed by atoms with Gasteiger partial charge < -0.3 is 9.47 Å². The van der Waals surface area contributed by atoms with Crippen molar-refractivity contribution in [3.63, 3.8) is 0 Å². The molecular formula is C14H17F3O3. The summed E-state index contributed by atoms with van der Waals surface area (Å²) in [5.41, 5.74) is -0.778. The standard InChI is InChI=1S/C14H17F3O3/c1-3-5-10(13(18)19-2)9-20-12-7-4-6-11(8-12)14(15,16)17/h4,6-8,10H,3,5,9H2,1-2H3. The maximum atomic E-state index is 12.5. The van der Waals surface area contributed by atoms with Crippen LogP contribution in [0.25, 0.3) is 0 Å². The zero-order valence-electron chi connectivity index (χ0n) is 11.4. The van der Waals surface area contributed by atoms with Crippen LogP contribution in [0.5, 0.6) is 5.75 Å². The lowest BCUT2D eigenvalue weighted by Gasteiger charge is -2.15. The molecule has 6 heteroatoms. The third kappa shape index (κ3) is 4.75. The van der Waals surface area contributed by atoms with E-state index in [1.807, 2.05) is 6.92 Å². The van der Waals surface area contributed by atoms with Crippen LogP contribution in [-0.4, -0.2) is 19.7 Å². The Labute approximate surface area is 115 Å². The van der Waals surface area contributed by atoms with Crippen LogP contribution in [0.4, 0.5) is 13.2 Å². The molecule has 0 aliphatic carbocycles. The first kappa shape index (κ1) is 16.3. The summed E-state index contributed by atoms with van der Waals surface area (Å²) in [5.74, 6) is -0.803. The first-order chi connectivity index (χ1) is 9.38. The van der Waals surface area contributed by atoms with E-state index in [-0.39, 0.29) is 12.4 Å². The molecule has 0 aliphatic heterocycles. The Morgan fingerprint density at radius 1 is 1.35 bits per heavy atom. The summed E-state index contributed by atoms with van der Waals surface area (Å²) in [6.45, 7) is 1.90. The number of benzene rings is 1. The van der Waals surface area contributed by atoms with Gasteiger partial charge in [0.25, 0.3) is 0 Å². The lowest BCUT2D eigenvalue weighted by atomic mass is 10.1. The number of carbonyl (C=O) groups is 1. The third-order valence-electron chi connectivity index (χ3n) is 2.78. The van der Waals surface area contributed by atoms with Crippen LogP contribution in [-0.2, 0) is 15.7 Å². The minimum atomic E-state index is -4.41. The number of esters is 1. The number of ether oxygens (including phenoxy) is 2. The summed E-state index contributed by atoms with van der Waals surface area (Å²) in [6.07, 6.45) is -3.10. The van der Waals surface area contributed by atoms with Crippen LogP contribution in [0.15, 0.2) is 24.3 Å². The monoisotopic (exact) mass is 290 g/mol. The summed E-state index contributed by atoms with van der Waals surface area (Å²) < 4.78 is 47.5. The van der Waals surface area contributed by atoms with Crippen molar-refractivity contribution in [2.45, 2.75) is 25.9 Å². The Balaban J connectivity index is 2.71. The van der Waals surface area contributed by atoms with Gasteiger partial charge in [-0.2, -0.15) is 13.2 Å². The number of hydrogen-bond acceptors (Lipinski definition) is 3. The minimum absolute atomic E-state index is 0.00181. The van der Waals surface area contributed by atoms with Gasteiger partial charge in [-0.15, -0.1) is 0 Å². The molecule has 1 rings (SSSR count). The molecule has 1 aromatic rings. The highest BCUT2D eigenvalue weighted by Crippen LogP contribution is 2.31. The number of halogens is 3. The molecule has 3 nitrogen and oxygen atoms in total. The molecule has 0 N–H and O–H groups in total. The summed E-state index contributed by atoms with van der Waals surface area (Å²) in [5, 5.41) is 0. The summed E-state index contributed by atoms with van der Waals surface area (Å²) in [6, 6.07) is 4.58. The lowest BCUT2D eigenvalue weighted by Crippen LogP contribution is -2.23. The van der Waals surface area contributed by atoms with E-state index >= 15 is 0 Å². The van der Waals surface area contributed by atoms with Gasteiger partial charge in [-0.25, -0.2) is 0 Å². The molecule has 1 atom stereocenters. The lowest BCUT2D eigenvalue weighted by molar-refractivity contribution is -0.147. The van der Waals surface area contributed by atoms with Crippen molar-refractivity contribution < 1.29 is 27.4 Å². The largest absolute Gasteiger partial charge is 0.493 e. The van der Waals surface area contributed by atoms with Crippen LogP contribution in [0.3, 0.4) is 0 Å². The van der Waals surface area contributed by atoms with Gasteiger partial charge in [0.1, 0.15) is 12.4 Å². The summed E-state index contributed by atoms with van der Waals surface area (Å²) >= 11 is 0. The topological polar surface area (TPSA) is 35.5 Å². The van der Waals surface area contributed by atoms with E-state index in [2.05, 4.69) is 4.74 Å². The first-order valence-corrected chi connectivity index (χ1v) is 6.26. The second-order valence-electron chi connectivity index (χ2n) is 4.35. The van der Waals surface area contributed by atoms with Gasteiger partial charge in [-0.05, 0) is 24.6 Å². The second kappa shape index (κ2) is 7.17. The maximum absolute atomic E-state index is 12.5. The van der Waals surface area contributed by atoms with E-state index < -0.39 is 23.6 Å². The quantitative estimate of drug-likeness (QED) is 0.750. The van der Waals surface area contributed by atoms with E-state index in [4.69, 9.17) is 4.74 Å². The Morgan fingerprint density at radius 2 is 2.05 bits per heavy atom. The molecule has 0 spiro atoms. The fraction of sp³-hybridized carbons (Fsp3) is 0.500. The Hall–Kier alpha value is -1.72. The normalized spacial score (nSPS) is 12.8. The molecule has 1 aromatic carbocycles. The van der Waals surface area contributed by atoms with Crippen molar-refractivity contribution >= 4 is 5.97 Å². The van der Waals surface area contributed by atoms with Crippen molar-refractivity contribution in [2.24, 2.45) is 5.92 Å². The highest BCUT2D eigenvalue weighted by molar-refractivity contribution is 5.72. The molecule has 0 fully saturated rings. The number of rotatable bonds is 6. The SMILES string of the molecule is CCCC(COc1cccc(C(F)(F)F)c1)C(=O)OC. The fourth-order valence-corrected chi connectivity index (χ4v) is 1.74. The molecule has 1 unspecified atom stereocenters. The summed E-state index contributed by atoms with van der Waals surface area (Å²) in [7, 11) is 1.27. The van der Waals surface area contributed by atoms with Gasteiger partial charge in [0.15, 0.2) is 0 Å². The average Bonchev–Trinajstić information content (AvgIpc) is 2.42. The Bertz CT molecular complexity index is 444. The van der Waals surface area contributed by atoms with Gasteiger partial charge in [0, 0.05) is 0 Å². The predicted molar refractivity (Wildman–Crippen MR) is 67.4 cm³/mol. The van der Waals surface area contributed by atoms with Crippen LogP contribution in [0.2, 0.25) is 0 Å². The number of carbonyl (C=O) groups excluding carboxylic acids is 1. The van der Waals surface area contributed by atoms with Crippen molar-refractivity contribution in [3.8, 4) is 5.75 Å². The molecule has 112 valence electrons. The van der Waals surface area contributed by atoms with E-state index in [9.17, 15) is 18.0 Å². The van der Waals surface area contributed by atoms with Crippen molar-refractivity contribution in [2.75, 3.05) is 13.7 Å². The second-order valence-corrected chi connectivity index (χ2v) is 4.35. The third-order valence-corrected chi connectivity index (χ3v) is 2.78. The maximum Gasteiger partial charge on any atom is 0.416 e. The molecule has 0 aromatic heterocycles. The average molecular weight is 290 g/mol. The van der Waals surface area contributed by atoms with Crippen LogP contribution < -0.4 is 4.74 Å². The van der Waals surface area contributed by atoms with Gasteiger partial charge in [-0.1, -0.05) is 19.4 Å². The highest BCUT2D eigenvalue weighted by Gasteiger charge is 2.30. The van der Waals surface area contributed by atoms with E-state index in [0.717, 1.165) is 18.6 Å². The van der Waals surface area contributed by atoms with Gasteiger partial charge in [0.2, 0.25) is 0 Å². The van der Waals surface area contributed by atoms with Crippen molar-refractivity contribution in [3.05, 3.63) is 29.8 Å². The first-order valence-electron chi connectivity index (χ1n) is 6.26. The molecular weight excluding hydrogens is 273 g/mol. The minimum Gasteiger partial charge on any atom is -0.493 e. The number of hydrogen-bond donors (Lipinski definition) is 0. The van der Waals surface area contributed by atoms with Gasteiger partial charge in [-0.3, -0.25) is 4.79 Å². The highest BCUT2D eigenvalue weighted by atomic mass is 19.4. The van der Waals surface area contributed by atoms with Crippen LogP contribution >= 0.6 is 0 Å². The van der Waals surface area contributed by atoms with E-state index in [0.29, 0.717) is 6.42 Å². The molecule has 20 heavy (non-hydrogen) atoms. The molecule has 0 saturated heterocycles. The smallest absolute Gasteiger partial charge is 0.416 e. The molecule has 0 bridgehead atoms. The van der Waals surface area contributed by atoms with Crippen molar-refractivity contribution in [1.82, 2.24) is 0 Å². The molecule has 0 saturated carbocycles. The molecule has 0 heterocycles. The molecule has 0 amide bonds. The Morgan fingerprint density at radius 3 is 2.60 bits per heavy atom. The summed E-state index contributed by atoms with van der Waals surface area (Å²) in [4.78, 5) is 11.5. The molecule has 0 radical (unpaired) electrons. The Kier molecular flexibility index (Phi) is 5.85. The van der Waals surface area contributed by atoms with Gasteiger partial charge >= 0.3 is 12.1 Å². The van der Waals surface area contributed by atoms with Gasteiger partial charge in [0.05, 0.1) is 18.6 Å². The van der Waals surface area contributed by atoms with Crippen LogP contribution in [0.1, 0.15) is 25.3 Å². The zero-order chi connectivity index (χ0) is 15.2. The van der Waals surface area contributed by atoms with E-state index in [1.54, 1.807) is 0 Å². The zero-order valence-corrected chi connectivity index (χ0v) is 11.4. The van der Waals surface area contributed by atoms with Crippen molar-refractivity contribution in [1.29, 1.82) is 0 Å². The molecule has 0 aliphatic rings. The fourth-order valence-electron chi connectivity index (χ4n) is 1.74. The number of methoxy groups -OCH3 is 1. The van der Waals surface area contributed by atoms with E-state index in [1.165, 1.54) is 19.2 Å². The van der Waals surface area contributed by atoms with Crippen LogP contribution in [0, 0.1) is 5.92 Å². The number of alkyl halides is 3.